The molecule has 0 aromatic carbocycles. The molecule has 0 amide bonds. The first kappa shape index (κ1) is 15.8. The van der Waals surface area contributed by atoms with Crippen LogP contribution in [0.2, 0.25) is 0 Å². The van der Waals surface area contributed by atoms with Crippen molar-refractivity contribution < 1.29 is 4.90 Å². The Kier molecular flexibility index (Phi) is 4.44. The Hall–Kier alpha value is -1.09. The molecular formula is C14H17BrN5S2+. The van der Waals surface area contributed by atoms with Crippen LogP contribution >= 0.6 is 39.5 Å². The Bertz CT molecular complexity index is 879. The Balaban J connectivity index is 1.90. The summed E-state index contributed by atoms with van der Waals surface area (Å²) in [6, 6.07) is 6.29. The van der Waals surface area contributed by atoms with Crippen LogP contribution in [0.4, 0.5) is 0 Å². The number of aromatic nitrogens is 4. The molecule has 0 aliphatic rings. The largest absolute Gasteiger partial charge is 0.314 e. The van der Waals surface area contributed by atoms with E-state index in [-0.39, 0.29) is 0 Å². The quantitative estimate of drug-likeness (QED) is 0.685. The van der Waals surface area contributed by atoms with Crippen LogP contribution in [-0.2, 0) is 13.2 Å². The van der Waals surface area contributed by atoms with E-state index in [0.717, 1.165) is 28.4 Å². The summed E-state index contributed by atoms with van der Waals surface area (Å²) in [5.74, 6) is 0.675. The molecule has 8 heteroatoms. The highest BCUT2D eigenvalue weighted by Crippen LogP contribution is 2.21. The zero-order chi connectivity index (χ0) is 15.9. The number of hydrogen-bond donors (Lipinski definition) is 1. The van der Waals surface area contributed by atoms with Crippen LogP contribution in [-0.4, -0.2) is 26.2 Å². The first-order chi connectivity index (χ1) is 10.4. The second kappa shape index (κ2) is 6.19. The van der Waals surface area contributed by atoms with Crippen molar-refractivity contribution in [3.63, 3.8) is 0 Å². The van der Waals surface area contributed by atoms with E-state index in [1.54, 1.807) is 11.3 Å². The molecule has 0 radical (unpaired) electrons. The molecule has 1 unspecified atom stereocenters. The van der Waals surface area contributed by atoms with Gasteiger partial charge in [0.1, 0.15) is 6.54 Å². The second-order valence-electron chi connectivity index (χ2n) is 5.44. The topological polar surface area (TPSA) is 39.6 Å². The standard InChI is InChI=1S/C14H16BrN5S2/c1-9-6-10(2)20-13(16-9)17-14(21)19(20)8-18(3)7-11-4-5-12(15)22-11/h4-6H,7-8H2,1-3H3/p+1. The van der Waals surface area contributed by atoms with Crippen LogP contribution in [0.25, 0.3) is 5.78 Å². The Morgan fingerprint density at radius 1 is 1.32 bits per heavy atom. The lowest BCUT2D eigenvalue weighted by Gasteiger charge is -2.15. The van der Waals surface area contributed by atoms with Gasteiger partial charge in [0.05, 0.1) is 15.7 Å². The van der Waals surface area contributed by atoms with Crippen molar-refractivity contribution in [3.8, 4) is 0 Å². The molecule has 0 aliphatic carbocycles. The summed E-state index contributed by atoms with van der Waals surface area (Å²) in [6.45, 7) is 5.73. The minimum Gasteiger partial charge on any atom is -0.314 e. The number of thiophene rings is 1. The normalized spacial score (nSPS) is 12.9. The minimum absolute atomic E-state index is 0.577. The van der Waals surface area contributed by atoms with Crippen LogP contribution < -0.4 is 4.90 Å². The van der Waals surface area contributed by atoms with Gasteiger partial charge in [0.15, 0.2) is 6.67 Å². The van der Waals surface area contributed by atoms with E-state index in [0.29, 0.717) is 10.5 Å². The molecule has 116 valence electrons. The third kappa shape index (κ3) is 3.15. The van der Waals surface area contributed by atoms with Crippen LogP contribution in [0, 0.1) is 18.6 Å². The third-order valence-corrected chi connectivity index (χ3v) is 5.33. The summed E-state index contributed by atoms with van der Waals surface area (Å²) in [5.41, 5.74) is 2.05. The van der Waals surface area contributed by atoms with Crippen LogP contribution in [0.5, 0.6) is 0 Å². The summed E-state index contributed by atoms with van der Waals surface area (Å²) in [4.78, 5) is 11.6. The number of nitrogens with one attached hydrogen (secondary N) is 1. The van der Waals surface area contributed by atoms with Gasteiger partial charge in [-0.2, -0.15) is 4.98 Å². The number of aryl methyl sites for hydroxylation is 2. The van der Waals surface area contributed by atoms with Crippen molar-refractivity contribution in [1.82, 2.24) is 19.2 Å². The Morgan fingerprint density at radius 2 is 2.09 bits per heavy atom. The lowest BCUT2D eigenvalue weighted by atomic mass is 10.4. The molecule has 0 saturated heterocycles. The third-order valence-electron chi connectivity index (χ3n) is 3.40. The molecule has 22 heavy (non-hydrogen) atoms. The van der Waals surface area contributed by atoms with Gasteiger partial charge in [0.25, 0.3) is 5.78 Å². The Labute approximate surface area is 146 Å². The molecule has 1 N–H and O–H groups in total. The fourth-order valence-electron chi connectivity index (χ4n) is 2.55. The van der Waals surface area contributed by atoms with Gasteiger partial charge < -0.3 is 4.90 Å². The number of halogens is 1. The highest BCUT2D eigenvalue weighted by Gasteiger charge is 2.13. The molecule has 0 saturated carbocycles. The van der Waals surface area contributed by atoms with E-state index in [2.05, 4.69) is 52.0 Å². The molecular weight excluding hydrogens is 382 g/mol. The molecule has 3 aromatic heterocycles. The summed E-state index contributed by atoms with van der Waals surface area (Å²) in [7, 11) is 2.16. The summed E-state index contributed by atoms with van der Waals surface area (Å²) < 4.78 is 5.76. The summed E-state index contributed by atoms with van der Waals surface area (Å²) in [5, 5.41) is 0. The molecule has 3 aromatic rings. The van der Waals surface area contributed by atoms with Gasteiger partial charge in [-0.15, -0.1) is 11.3 Å². The lowest BCUT2D eigenvalue weighted by molar-refractivity contribution is -0.917. The van der Waals surface area contributed by atoms with Crippen LogP contribution in [0.3, 0.4) is 0 Å². The number of rotatable bonds is 4. The van der Waals surface area contributed by atoms with Crippen molar-refractivity contribution in [2.45, 2.75) is 27.1 Å². The maximum Gasteiger partial charge on any atom is 0.252 e. The summed E-state index contributed by atoms with van der Waals surface area (Å²) >= 11 is 10.7. The molecule has 0 fully saturated rings. The van der Waals surface area contributed by atoms with E-state index in [1.165, 1.54) is 9.78 Å². The highest BCUT2D eigenvalue weighted by atomic mass is 79.9. The van der Waals surface area contributed by atoms with Gasteiger partial charge in [0, 0.05) is 11.4 Å². The van der Waals surface area contributed by atoms with Gasteiger partial charge in [-0.3, -0.25) is 0 Å². The van der Waals surface area contributed by atoms with Crippen molar-refractivity contribution >= 4 is 45.3 Å². The molecule has 0 aliphatic heterocycles. The van der Waals surface area contributed by atoms with Gasteiger partial charge in [0.2, 0.25) is 4.77 Å². The van der Waals surface area contributed by atoms with Crippen molar-refractivity contribution in [3.05, 3.63) is 43.0 Å². The first-order valence-corrected chi connectivity index (χ1v) is 8.95. The van der Waals surface area contributed by atoms with Crippen molar-refractivity contribution in [2.24, 2.45) is 0 Å². The number of quaternary nitrogens is 1. The predicted octanol–water partition coefficient (Wildman–Crippen LogP) is 2.37. The van der Waals surface area contributed by atoms with Gasteiger partial charge in [-0.25, -0.2) is 14.2 Å². The average Bonchev–Trinajstić information content (AvgIpc) is 2.94. The zero-order valence-electron chi connectivity index (χ0n) is 12.6. The predicted molar refractivity (Wildman–Crippen MR) is 93.9 cm³/mol. The smallest absolute Gasteiger partial charge is 0.252 e. The van der Waals surface area contributed by atoms with Crippen LogP contribution in [0.1, 0.15) is 16.3 Å². The molecule has 5 nitrogen and oxygen atoms in total. The fraction of sp³-hybridized carbons (Fsp3) is 0.357. The molecule has 0 spiro atoms. The maximum absolute atomic E-state index is 5.42. The van der Waals surface area contributed by atoms with E-state index in [4.69, 9.17) is 12.2 Å². The van der Waals surface area contributed by atoms with Gasteiger partial charge >= 0.3 is 0 Å². The van der Waals surface area contributed by atoms with E-state index < -0.39 is 0 Å². The first-order valence-electron chi connectivity index (χ1n) is 6.93. The maximum atomic E-state index is 5.42. The Morgan fingerprint density at radius 3 is 2.77 bits per heavy atom. The van der Waals surface area contributed by atoms with Gasteiger partial charge in [-0.05, 0) is 60.2 Å². The zero-order valence-corrected chi connectivity index (χ0v) is 15.8. The average molecular weight is 399 g/mol. The number of hydrogen-bond acceptors (Lipinski definition) is 4. The molecule has 0 bridgehead atoms. The molecule has 3 rings (SSSR count). The van der Waals surface area contributed by atoms with E-state index in [9.17, 15) is 0 Å². The van der Waals surface area contributed by atoms with E-state index in [1.807, 2.05) is 22.2 Å². The highest BCUT2D eigenvalue weighted by molar-refractivity contribution is 9.11. The SMILES string of the molecule is Cc1cc(C)n2c(n1)nc(=S)n2C[NH+](C)Cc1ccc(Br)s1. The minimum atomic E-state index is 0.577. The fourth-order valence-corrected chi connectivity index (χ4v) is 4.38. The monoisotopic (exact) mass is 398 g/mol. The van der Waals surface area contributed by atoms with E-state index >= 15 is 0 Å². The lowest BCUT2D eigenvalue weighted by Crippen LogP contribution is -3.07. The van der Waals surface area contributed by atoms with Crippen molar-refractivity contribution in [2.75, 3.05) is 7.05 Å². The van der Waals surface area contributed by atoms with Gasteiger partial charge in [-0.1, -0.05) is 0 Å². The number of fused-ring (bicyclic) bond motifs is 1. The van der Waals surface area contributed by atoms with Crippen LogP contribution in [0.15, 0.2) is 22.0 Å². The number of nitrogens with zero attached hydrogens (tertiary/aromatic N) is 4. The molecule has 3 heterocycles. The second-order valence-corrected chi connectivity index (χ2v) is 8.36. The van der Waals surface area contributed by atoms with Crippen molar-refractivity contribution in [1.29, 1.82) is 0 Å². The summed E-state index contributed by atoms with van der Waals surface area (Å²) in [6.07, 6.45) is 0. The molecule has 1 atom stereocenters.